The second-order valence-corrected chi connectivity index (χ2v) is 4.91. The number of rotatable bonds is 7. The number of nitrogens with zero attached hydrogens (tertiary/aromatic N) is 3. The van der Waals surface area contributed by atoms with Gasteiger partial charge in [0.25, 0.3) is 0 Å². The number of hydrogen-bond acceptors (Lipinski definition) is 4. The number of anilines is 1. The van der Waals surface area contributed by atoms with E-state index in [0.29, 0.717) is 12.6 Å². The second kappa shape index (κ2) is 6.75. The number of likely N-dealkylation sites (tertiary alicyclic amines) is 1. The molecule has 1 unspecified atom stereocenters. The average Bonchev–Trinajstić information content (AvgIpc) is 3.04. The highest BCUT2D eigenvalue weighted by molar-refractivity contribution is 5.26. The largest absolute Gasteiger partial charge is 0.383 e. The molecular formula is C13H24N4O. The van der Waals surface area contributed by atoms with Crippen molar-refractivity contribution in [3.63, 3.8) is 0 Å². The van der Waals surface area contributed by atoms with Gasteiger partial charge in [-0.25, -0.2) is 4.98 Å². The zero-order chi connectivity index (χ0) is 12.8. The van der Waals surface area contributed by atoms with Crippen molar-refractivity contribution in [1.29, 1.82) is 0 Å². The van der Waals surface area contributed by atoms with Crippen LogP contribution in [0.5, 0.6) is 0 Å². The number of ether oxygens (including phenoxy) is 1. The number of aromatic nitrogens is 2. The van der Waals surface area contributed by atoms with E-state index in [1.165, 1.54) is 25.9 Å². The summed E-state index contributed by atoms with van der Waals surface area (Å²) in [6.07, 6.45) is 6.50. The van der Waals surface area contributed by atoms with Crippen LogP contribution in [0.1, 0.15) is 19.8 Å². The molecule has 0 radical (unpaired) electrons. The lowest BCUT2D eigenvalue weighted by molar-refractivity contribution is 0.187. The molecule has 18 heavy (non-hydrogen) atoms. The molecule has 0 saturated carbocycles. The number of hydrogen-bond donors (Lipinski definition) is 1. The van der Waals surface area contributed by atoms with Crippen molar-refractivity contribution in [3.8, 4) is 0 Å². The zero-order valence-corrected chi connectivity index (χ0v) is 11.4. The van der Waals surface area contributed by atoms with Crippen molar-refractivity contribution < 1.29 is 4.74 Å². The fourth-order valence-electron chi connectivity index (χ4n) is 2.40. The molecule has 1 saturated heterocycles. The molecule has 1 aliphatic rings. The lowest BCUT2D eigenvalue weighted by Gasteiger charge is -2.24. The van der Waals surface area contributed by atoms with Gasteiger partial charge in [-0.05, 0) is 32.9 Å². The highest BCUT2D eigenvalue weighted by atomic mass is 16.5. The van der Waals surface area contributed by atoms with Gasteiger partial charge in [0.15, 0.2) is 0 Å². The first-order chi connectivity index (χ1) is 8.81. The summed E-state index contributed by atoms with van der Waals surface area (Å²) in [6, 6.07) is 0.570. The Morgan fingerprint density at radius 3 is 2.94 bits per heavy atom. The number of nitrogens with one attached hydrogen (secondary N) is 1. The maximum atomic E-state index is 5.09. The lowest BCUT2D eigenvalue weighted by atomic mass is 10.3. The van der Waals surface area contributed by atoms with Gasteiger partial charge in [-0.15, -0.1) is 0 Å². The van der Waals surface area contributed by atoms with E-state index >= 15 is 0 Å². The van der Waals surface area contributed by atoms with Crippen molar-refractivity contribution in [3.05, 3.63) is 12.4 Å². The molecule has 0 aliphatic carbocycles. The molecule has 1 aromatic heterocycles. The van der Waals surface area contributed by atoms with E-state index < -0.39 is 0 Å². The van der Waals surface area contributed by atoms with Crippen molar-refractivity contribution in [2.75, 3.05) is 38.7 Å². The SMILES string of the molecule is COCCn1ccnc1NCC(C)N1CCCC1. The second-order valence-electron chi connectivity index (χ2n) is 4.91. The monoisotopic (exact) mass is 252 g/mol. The zero-order valence-electron chi connectivity index (χ0n) is 11.4. The normalized spacial score (nSPS) is 18.1. The minimum atomic E-state index is 0.570. The molecule has 5 nitrogen and oxygen atoms in total. The number of imidazole rings is 1. The Labute approximate surface area is 109 Å². The third-order valence-electron chi connectivity index (χ3n) is 3.57. The van der Waals surface area contributed by atoms with Crippen LogP contribution in [0.4, 0.5) is 5.95 Å². The lowest BCUT2D eigenvalue weighted by Crippen LogP contribution is -2.36. The molecule has 2 rings (SSSR count). The average molecular weight is 252 g/mol. The third-order valence-corrected chi connectivity index (χ3v) is 3.57. The molecule has 102 valence electrons. The fraction of sp³-hybridized carbons (Fsp3) is 0.769. The van der Waals surface area contributed by atoms with Crippen LogP contribution in [0.3, 0.4) is 0 Å². The Morgan fingerprint density at radius 2 is 2.22 bits per heavy atom. The molecule has 1 fully saturated rings. The van der Waals surface area contributed by atoms with Crippen molar-refractivity contribution in [2.45, 2.75) is 32.4 Å². The maximum absolute atomic E-state index is 5.09. The van der Waals surface area contributed by atoms with Gasteiger partial charge >= 0.3 is 0 Å². The minimum absolute atomic E-state index is 0.570. The first-order valence-electron chi connectivity index (χ1n) is 6.79. The van der Waals surface area contributed by atoms with E-state index in [0.717, 1.165) is 19.0 Å². The molecule has 0 aromatic carbocycles. The van der Waals surface area contributed by atoms with Crippen molar-refractivity contribution in [2.24, 2.45) is 0 Å². The summed E-state index contributed by atoms with van der Waals surface area (Å²) in [7, 11) is 1.72. The van der Waals surface area contributed by atoms with E-state index in [-0.39, 0.29) is 0 Å². The molecule has 1 aromatic rings. The van der Waals surface area contributed by atoms with Crippen LogP contribution in [0.15, 0.2) is 12.4 Å². The molecule has 5 heteroatoms. The summed E-state index contributed by atoms with van der Waals surface area (Å²) < 4.78 is 7.19. The van der Waals surface area contributed by atoms with Gasteiger partial charge in [0, 0.05) is 38.6 Å². The maximum Gasteiger partial charge on any atom is 0.202 e. The molecule has 0 spiro atoms. The van der Waals surface area contributed by atoms with Crippen LogP contribution >= 0.6 is 0 Å². The summed E-state index contributed by atoms with van der Waals surface area (Å²) in [5, 5.41) is 3.43. The van der Waals surface area contributed by atoms with Gasteiger partial charge < -0.3 is 14.6 Å². The summed E-state index contributed by atoms with van der Waals surface area (Å²) >= 11 is 0. The van der Waals surface area contributed by atoms with Gasteiger partial charge in [-0.2, -0.15) is 0 Å². The molecule has 0 bridgehead atoms. The predicted molar refractivity (Wildman–Crippen MR) is 72.9 cm³/mol. The van der Waals surface area contributed by atoms with Gasteiger partial charge in [-0.1, -0.05) is 0 Å². The highest BCUT2D eigenvalue weighted by Gasteiger charge is 2.17. The topological polar surface area (TPSA) is 42.3 Å². The molecule has 1 aliphatic heterocycles. The molecule has 0 amide bonds. The van der Waals surface area contributed by atoms with Crippen LogP contribution in [0, 0.1) is 0 Å². The van der Waals surface area contributed by atoms with E-state index in [9.17, 15) is 0 Å². The van der Waals surface area contributed by atoms with Gasteiger partial charge in [0.2, 0.25) is 5.95 Å². The van der Waals surface area contributed by atoms with Crippen molar-refractivity contribution >= 4 is 5.95 Å². The van der Waals surface area contributed by atoms with Crippen LogP contribution in [0.25, 0.3) is 0 Å². The van der Waals surface area contributed by atoms with Crippen LogP contribution in [-0.2, 0) is 11.3 Å². The Morgan fingerprint density at radius 1 is 1.44 bits per heavy atom. The van der Waals surface area contributed by atoms with Crippen LogP contribution < -0.4 is 5.32 Å². The third kappa shape index (κ3) is 3.46. The fourth-order valence-corrected chi connectivity index (χ4v) is 2.40. The summed E-state index contributed by atoms with van der Waals surface area (Å²) in [5.41, 5.74) is 0. The quantitative estimate of drug-likeness (QED) is 0.797. The minimum Gasteiger partial charge on any atom is -0.383 e. The number of methoxy groups -OCH3 is 1. The first-order valence-corrected chi connectivity index (χ1v) is 6.79. The highest BCUT2D eigenvalue weighted by Crippen LogP contribution is 2.12. The molecular weight excluding hydrogens is 228 g/mol. The summed E-state index contributed by atoms with van der Waals surface area (Å²) in [4.78, 5) is 6.88. The standard InChI is InChI=1S/C13H24N4O/c1-12(16-6-3-4-7-16)11-15-13-14-5-8-17(13)9-10-18-2/h5,8,12H,3-4,6-7,9-11H2,1-2H3,(H,14,15). The van der Waals surface area contributed by atoms with E-state index in [1.54, 1.807) is 7.11 Å². The Kier molecular flexibility index (Phi) is 5.01. The summed E-state index contributed by atoms with van der Waals surface area (Å²) in [6.45, 7) is 7.26. The molecule has 2 heterocycles. The summed E-state index contributed by atoms with van der Waals surface area (Å²) in [5.74, 6) is 0.943. The van der Waals surface area contributed by atoms with Gasteiger partial charge in [-0.3, -0.25) is 4.90 Å². The van der Waals surface area contributed by atoms with E-state index in [2.05, 4.69) is 26.7 Å². The molecule has 1 atom stereocenters. The Bertz CT molecular complexity index is 347. The van der Waals surface area contributed by atoms with Gasteiger partial charge in [0.05, 0.1) is 6.61 Å². The van der Waals surface area contributed by atoms with Gasteiger partial charge in [0.1, 0.15) is 0 Å². The Balaban J connectivity index is 1.80. The van der Waals surface area contributed by atoms with Crippen LogP contribution in [0.2, 0.25) is 0 Å². The first kappa shape index (κ1) is 13.4. The van der Waals surface area contributed by atoms with E-state index in [4.69, 9.17) is 4.74 Å². The molecule has 1 N–H and O–H groups in total. The van der Waals surface area contributed by atoms with E-state index in [1.807, 2.05) is 12.4 Å². The predicted octanol–water partition coefficient (Wildman–Crippen LogP) is 1.43. The van der Waals surface area contributed by atoms with Crippen molar-refractivity contribution in [1.82, 2.24) is 14.5 Å². The Hall–Kier alpha value is -1.07. The van der Waals surface area contributed by atoms with Crippen LogP contribution in [-0.4, -0.2) is 53.8 Å². The smallest absolute Gasteiger partial charge is 0.202 e.